The number of oxime groups is 1. The molecule has 7 nitrogen and oxygen atoms in total. The van der Waals surface area contributed by atoms with E-state index < -0.39 is 0 Å². The van der Waals surface area contributed by atoms with Gasteiger partial charge >= 0.3 is 0 Å². The summed E-state index contributed by atoms with van der Waals surface area (Å²) in [6.07, 6.45) is 3.38. The monoisotopic (exact) mass is 243 g/mol. The molecule has 0 bridgehead atoms. The summed E-state index contributed by atoms with van der Waals surface area (Å²) < 4.78 is 1.60. The van der Waals surface area contributed by atoms with Crippen LogP contribution < -0.4 is 5.32 Å². The number of aryl methyl sites for hydroxylation is 1. The highest BCUT2D eigenvalue weighted by Gasteiger charge is 2.08. The standard InChI is InChI=1S/C8H13N5O2S/c1-13-8(16-3)11-7(12-13)10-6(14)4-5-9-15-2/h5H,4H2,1-3H3,(H,10,12,14)/b9-5+. The van der Waals surface area contributed by atoms with Crippen molar-refractivity contribution in [3.8, 4) is 0 Å². The summed E-state index contributed by atoms with van der Waals surface area (Å²) in [7, 11) is 3.18. The van der Waals surface area contributed by atoms with Crippen LogP contribution in [-0.4, -0.2) is 40.3 Å². The Bertz CT molecular complexity index is 390. The topological polar surface area (TPSA) is 81.4 Å². The van der Waals surface area contributed by atoms with Crippen molar-refractivity contribution in [1.82, 2.24) is 14.8 Å². The zero-order valence-corrected chi connectivity index (χ0v) is 10.1. The predicted molar refractivity (Wildman–Crippen MR) is 61.5 cm³/mol. The average molecular weight is 243 g/mol. The van der Waals surface area contributed by atoms with E-state index >= 15 is 0 Å². The number of amides is 1. The molecule has 8 heteroatoms. The highest BCUT2D eigenvalue weighted by atomic mass is 32.2. The summed E-state index contributed by atoms with van der Waals surface area (Å²) in [5, 5.41) is 10.8. The minimum atomic E-state index is -0.237. The fourth-order valence-corrected chi connectivity index (χ4v) is 1.45. The summed E-state index contributed by atoms with van der Waals surface area (Å²) in [5.41, 5.74) is 0. The van der Waals surface area contributed by atoms with Gasteiger partial charge in [0.05, 0.1) is 12.6 Å². The predicted octanol–water partition coefficient (Wildman–Crippen LogP) is 0.498. The number of nitrogens with zero attached hydrogens (tertiary/aromatic N) is 4. The molecule has 0 saturated heterocycles. The molecule has 1 amide bonds. The quantitative estimate of drug-likeness (QED) is 0.462. The molecule has 0 saturated carbocycles. The molecular formula is C8H13N5O2S. The molecule has 1 aromatic heterocycles. The summed E-state index contributed by atoms with van der Waals surface area (Å²) in [4.78, 5) is 19.9. The lowest BCUT2D eigenvalue weighted by Gasteiger charge is -1.95. The molecule has 16 heavy (non-hydrogen) atoms. The first-order chi connectivity index (χ1) is 7.67. The van der Waals surface area contributed by atoms with Crippen molar-refractivity contribution in [2.24, 2.45) is 12.2 Å². The van der Waals surface area contributed by atoms with Gasteiger partial charge in [-0.2, -0.15) is 4.98 Å². The first-order valence-corrected chi connectivity index (χ1v) is 5.69. The number of thioether (sulfide) groups is 1. The van der Waals surface area contributed by atoms with Gasteiger partial charge < -0.3 is 4.84 Å². The number of rotatable bonds is 5. The van der Waals surface area contributed by atoms with Crippen molar-refractivity contribution in [3.63, 3.8) is 0 Å². The van der Waals surface area contributed by atoms with Crippen LogP contribution in [0.1, 0.15) is 6.42 Å². The Kier molecular flexibility index (Phi) is 4.77. The van der Waals surface area contributed by atoms with Gasteiger partial charge in [0.1, 0.15) is 7.11 Å². The second-order valence-electron chi connectivity index (χ2n) is 2.77. The third-order valence-electron chi connectivity index (χ3n) is 1.61. The second-order valence-corrected chi connectivity index (χ2v) is 3.54. The molecule has 0 fully saturated rings. The molecule has 1 aromatic rings. The van der Waals surface area contributed by atoms with Crippen LogP contribution in [0, 0.1) is 0 Å². The van der Waals surface area contributed by atoms with Crippen molar-refractivity contribution in [1.29, 1.82) is 0 Å². The first kappa shape index (κ1) is 12.5. The van der Waals surface area contributed by atoms with E-state index in [1.54, 1.807) is 11.7 Å². The molecule has 0 aliphatic heterocycles. The fourth-order valence-electron chi connectivity index (χ4n) is 0.971. The van der Waals surface area contributed by atoms with Crippen LogP contribution in [0.2, 0.25) is 0 Å². The molecule has 0 atom stereocenters. The summed E-state index contributed by atoms with van der Waals surface area (Å²) in [5.74, 6) is 0.0571. The largest absolute Gasteiger partial charge is 0.399 e. The smallest absolute Gasteiger partial charge is 0.249 e. The van der Waals surface area contributed by atoms with Gasteiger partial charge in [-0.1, -0.05) is 16.9 Å². The molecule has 0 aromatic carbocycles. The Hall–Kier alpha value is -1.57. The maximum atomic E-state index is 11.3. The fraction of sp³-hybridized carbons (Fsp3) is 0.500. The van der Waals surface area contributed by atoms with Gasteiger partial charge in [0.25, 0.3) is 0 Å². The van der Waals surface area contributed by atoms with Gasteiger partial charge in [0.2, 0.25) is 11.9 Å². The minimum absolute atomic E-state index is 0.126. The number of anilines is 1. The zero-order chi connectivity index (χ0) is 12.0. The van der Waals surface area contributed by atoms with E-state index in [9.17, 15) is 4.79 Å². The molecule has 0 spiro atoms. The van der Waals surface area contributed by atoms with Crippen LogP contribution >= 0.6 is 11.8 Å². The number of carbonyl (C=O) groups excluding carboxylic acids is 1. The Morgan fingerprint density at radius 2 is 2.50 bits per heavy atom. The molecule has 1 N–H and O–H groups in total. The van der Waals surface area contributed by atoms with E-state index in [2.05, 4.69) is 25.4 Å². The van der Waals surface area contributed by atoms with Crippen molar-refractivity contribution < 1.29 is 9.63 Å². The number of hydrogen-bond acceptors (Lipinski definition) is 6. The van der Waals surface area contributed by atoms with Crippen molar-refractivity contribution in [2.45, 2.75) is 11.6 Å². The van der Waals surface area contributed by atoms with Crippen LogP contribution in [-0.2, 0) is 16.7 Å². The molecule has 88 valence electrons. The second kappa shape index (κ2) is 6.11. The van der Waals surface area contributed by atoms with E-state index in [-0.39, 0.29) is 12.3 Å². The molecule has 0 radical (unpaired) electrons. The summed E-state index contributed by atoms with van der Waals surface area (Å²) in [6.45, 7) is 0. The Labute approximate surface area is 97.2 Å². The van der Waals surface area contributed by atoms with E-state index in [0.717, 1.165) is 5.16 Å². The van der Waals surface area contributed by atoms with Gasteiger partial charge in [-0.05, 0) is 6.26 Å². The lowest BCUT2D eigenvalue weighted by atomic mass is 10.4. The number of carbonyl (C=O) groups is 1. The first-order valence-electron chi connectivity index (χ1n) is 4.47. The average Bonchev–Trinajstić information content (AvgIpc) is 2.59. The highest BCUT2D eigenvalue weighted by Crippen LogP contribution is 2.12. The lowest BCUT2D eigenvalue weighted by Crippen LogP contribution is -2.13. The van der Waals surface area contributed by atoms with Crippen LogP contribution in [0.5, 0.6) is 0 Å². The number of nitrogens with one attached hydrogen (secondary N) is 1. The summed E-state index contributed by atoms with van der Waals surface area (Å²) in [6, 6.07) is 0. The lowest BCUT2D eigenvalue weighted by molar-refractivity contribution is -0.115. The molecule has 0 unspecified atom stereocenters. The maximum Gasteiger partial charge on any atom is 0.249 e. The SMILES string of the molecule is CO/N=C/CC(=O)Nc1nc(SC)n(C)n1. The van der Waals surface area contributed by atoms with Crippen molar-refractivity contribution in [3.05, 3.63) is 0 Å². The van der Waals surface area contributed by atoms with Gasteiger partial charge in [0.15, 0.2) is 5.16 Å². The van der Waals surface area contributed by atoms with E-state index in [1.807, 2.05) is 6.26 Å². The Morgan fingerprint density at radius 1 is 1.75 bits per heavy atom. The van der Waals surface area contributed by atoms with Crippen LogP contribution in [0.15, 0.2) is 10.3 Å². The van der Waals surface area contributed by atoms with E-state index in [4.69, 9.17) is 0 Å². The maximum absolute atomic E-state index is 11.3. The van der Waals surface area contributed by atoms with E-state index in [1.165, 1.54) is 25.1 Å². The van der Waals surface area contributed by atoms with Crippen LogP contribution in [0.3, 0.4) is 0 Å². The Morgan fingerprint density at radius 3 is 3.06 bits per heavy atom. The van der Waals surface area contributed by atoms with Gasteiger partial charge in [0, 0.05) is 7.05 Å². The molecule has 0 aliphatic rings. The van der Waals surface area contributed by atoms with Crippen LogP contribution in [0.4, 0.5) is 5.95 Å². The molecule has 1 rings (SSSR count). The van der Waals surface area contributed by atoms with Crippen molar-refractivity contribution >= 4 is 29.8 Å². The zero-order valence-electron chi connectivity index (χ0n) is 9.30. The normalized spacial score (nSPS) is 10.7. The minimum Gasteiger partial charge on any atom is -0.399 e. The molecule has 1 heterocycles. The Balaban J connectivity index is 2.52. The summed E-state index contributed by atoms with van der Waals surface area (Å²) >= 11 is 1.46. The van der Waals surface area contributed by atoms with Crippen molar-refractivity contribution in [2.75, 3.05) is 18.7 Å². The number of aromatic nitrogens is 3. The third kappa shape index (κ3) is 3.54. The van der Waals surface area contributed by atoms with Gasteiger partial charge in [-0.15, -0.1) is 5.10 Å². The van der Waals surface area contributed by atoms with Gasteiger partial charge in [-0.3, -0.25) is 10.1 Å². The van der Waals surface area contributed by atoms with Crippen LogP contribution in [0.25, 0.3) is 0 Å². The van der Waals surface area contributed by atoms with E-state index in [0.29, 0.717) is 5.95 Å². The van der Waals surface area contributed by atoms with Gasteiger partial charge in [-0.25, -0.2) is 4.68 Å². The number of hydrogen-bond donors (Lipinski definition) is 1. The molecule has 0 aliphatic carbocycles. The third-order valence-corrected chi connectivity index (χ3v) is 2.33. The highest BCUT2D eigenvalue weighted by molar-refractivity contribution is 7.98. The molecular weight excluding hydrogens is 230 g/mol.